The Balaban J connectivity index is 1.87. The molecule has 0 radical (unpaired) electrons. The minimum Gasteiger partial charge on any atom is -0.489 e. The fourth-order valence-corrected chi connectivity index (χ4v) is 5.43. The average molecular weight is 580 g/mol. The van der Waals surface area contributed by atoms with Gasteiger partial charge in [0, 0.05) is 25.4 Å². The number of ether oxygens (including phenoxy) is 1. The van der Waals surface area contributed by atoms with Crippen LogP contribution in [0.2, 0.25) is 0 Å². The zero-order chi connectivity index (χ0) is 30.6. The van der Waals surface area contributed by atoms with Crippen molar-refractivity contribution in [2.24, 2.45) is 5.92 Å². The SMILES string of the molecule is CCC[C@H]1C(=O)/C=C(\C)C[C@H](C)C(=O)N[C@H](Cc2ccc(F)cc2)C(=O)NCCCc2ccccc2OC(C)CN1C. The van der Waals surface area contributed by atoms with E-state index >= 15 is 0 Å². The van der Waals surface area contributed by atoms with Crippen LogP contribution in [-0.2, 0) is 27.2 Å². The lowest BCUT2D eigenvalue weighted by atomic mass is 9.97. The van der Waals surface area contributed by atoms with Crippen LogP contribution in [0.4, 0.5) is 4.39 Å². The molecule has 1 aliphatic rings. The highest BCUT2D eigenvalue weighted by molar-refractivity contribution is 5.95. The molecule has 0 bridgehead atoms. The molecule has 42 heavy (non-hydrogen) atoms. The molecule has 0 saturated carbocycles. The molecule has 2 N–H and O–H groups in total. The van der Waals surface area contributed by atoms with E-state index in [1.807, 2.05) is 45.2 Å². The number of hydrogen-bond donors (Lipinski definition) is 2. The number of carbonyl (C=O) groups excluding carboxylic acids is 3. The van der Waals surface area contributed by atoms with Gasteiger partial charge >= 0.3 is 0 Å². The van der Waals surface area contributed by atoms with Crippen LogP contribution in [0, 0.1) is 11.7 Å². The molecule has 2 aromatic carbocycles. The zero-order valence-corrected chi connectivity index (χ0v) is 25.6. The summed E-state index contributed by atoms with van der Waals surface area (Å²) in [6.07, 6.45) is 5.11. The quantitative estimate of drug-likeness (QED) is 0.531. The van der Waals surface area contributed by atoms with Gasteiger partial charge in [-0.1, -0.05) is 56.2 Å². The molecule has 0 aliphatic carbocycles. The molecule has 0 aromatic heterocycles. The van der Waals surface area contributed by atoms with E-state index in [9.17, 15) is 18.8 Å². The third kappa shape index (κ3) is 10.1. The van der Waals surface area contributed by atoms with Crippen LogP contribution in [0.15, 0.2) is 60.2 Å². The molecule has 3 rings (SSSR count). The molecule has 2 aromatic rings. The van der Waals surface area contributed by atoms with Crippen LogP contribution in [-0.4, -0.2) is 60.8 Å². The summed E-state index contributed by atoms with van der Waals surface area (Å²) in [7, 11) is 1.96. The number of nitrogens with zero attached hydrogens (tertiary/aromatic N) is 1. The molecular formula is C34H46FN3O4. The Morgan fingerprint density at radius 3 is 2.45 bits per heavy atom. The lowest BCUT2D eigenvalue weighted by molar-refractivity contribution is -0.130. The van der Waals surface area contributed by atoms with E-state index in [0.29, 0.717) is 32.4 Å². The monoisotopic (exact) mass is 579 g/mol. The van der Waals surface area contributed by atoms with Gasteiger partial charge in [0.2, 0.25) is 11.8 Å². The smallest absolute Gasteiger partial charge is 0.242 e. The van der Waals surface area contributed by atoms with Crippen LogP contribution in [0.1, 0.15) is 64.5 Å². The molecule has 0 saturated heterocycles. The Morgan fingerprint density at radius 1 is 1.02 bits per heavy atom. The Bertz CT molecular complexity index is 1230. The van der Waals surface area contributed by atoms with Gasteiger partial charge < -0.3 is 15.4 Å². The summed E-state index contributed by atoms with van der Waals surface area (Å²) in [6, 6.07) is 12.7. The fourth-order valence-electron chi connectivity index (χ4n) is 5.43. The van der Waals surface area contributed by atoms with E-state index < -0.39 is 12.0 Å². The summed E-state index contributed by atoms with van der Waals surface area (Å²) < 4.78 is 19.8. The minimum absolute atomic E-state index is 0.0139. The van der Waals surface area contributed by atoms with E-state index in [4.69, 9.17) is 4.74 Å². The summed E-state index contributed by atoms with van der Waals surface area (Å²) in [5.41, 5.74) is 2.59. The van der Waals surface area contributed by atoms with Crippen molar-refractivity contribution in [3.8, 4) is 5.75 Å². The molecule has 2 amide bonds. The molecule has 4 atom stereocenters. The Hall–Kier alpha value is -3.52. The largest absolute Gasteiger partial charge is 0.489 e. The number of likely N-dealkylation sites (N-methyl/N-ethyl adjacent to an activating group) is 1. The second kappa shape index (κ2) is 16.2. The van der Waals surface area contributed by atoms with Crippen molar-refractivity contribution in [1.82, 2.24) is 15.5 Å². The minimum atomic E-state index is -0.819. The fraction of sp³-hybridized carbons (Fsp3) is 0.500. The summed E-state index contributed by atoms with van der Waals surface area (Å²) in [6.45, 7) is 8.75. The van der Waals surface area contributed by atoms with Gasteiger partial charge in [-0.2, -0.15) is 0 Å². The molecule has 228 valence electrons. The van der Waals surface area contributed by atoms with Gasteiger partial charge in [0.15, 0.2) is 5.78 Å². The number of ketones is 1. The van der Waals surface area contributed by atoms with E-state index in [1.54, 1.807) is 25.1 Å². The Labute approximate surface area is 249 Å². The van der Waals surface area contributed by atoms with Gasteiger partial charge in [-0.05, 0) is 82.0 Å². The number of para-hydroxylation sites is 1. The van der Waals surface area contributed by atoms with E-state index in [0.717, 1.165) is 35.3 Å². The maximum Gasteiger partial charge on any atom is 0.242 e. The van der Waals surface area contributed by atoms with Crippen molar-refractivity contribution in [2.75, 3.05) is 20.1 Å². The van der Waals surface area contributed by atoms with Gasteiger partial charge in [-0.15, -0.1) is 0 Å². The van der Waals surface area contributed by atoms with E-state index in [2.05, 4.69) is 22.5 Å². The van der Waals surface area contributed by atoms with Crippen LogP contribution in [0.5, 0.6) is 5.75 Å². The number of halogens is 1. The van der Waals surface area contributed by atoms with Gasteiger partial charge in [0.25, 0.3) is 0 Å². The number of hydrogen-bond acceptors (Lipinski definition) is 5. The third-order valence-electron chi connectivity index (χ3n) is 7.64. The topological polar surface area (TPSA) is 87.7 Å². The zero-order valence-electron chi connectivity index (χ0n) is 25.6. The molecule has 8 heteroatoms. The summed E-state index contributed by atoms with van der Waals surface area (Å²) in [5.74, 6) is -0.562. The number of allylic oxidation sites excluding steroid dienone is 1. The van der Waals surface area contributed by atoms with Crippen molar-refractivity contribution < 1.29 is 23.5 Å². The predicted octanol–water partition coefficient (Wildman–Crippen LogP) is 5.03. The van der Waals surface area contributed by atoms with Crippen LogP contribution >= 0.6 is 0 Å². The van der Waals surface area contributed by atoms with Gasteiger partial charge in [0.1, 0.15) is 23.7 Å². The first-order valence-corrected chi connectivity index (χ1v) is 15.1. The summed E-state index contributed by atoms with van der Waals surface area (Å²) >= 11 is 0. The maximum atomic E-state index is 13.5. The lowest BCUT2D eigenvalue weighted by Gasteiger charge is -2.29. The van der Waals surface area contributed by atoms with Crippen LogP contribution < -0.4 is 15.4 Å². The lowest BCUT2D eigenvalue weighted by Crippen LogP contribution is -2.49. The number of carbonyl (C=O) groups is 3. The molecule has 0 fully saturated rings. The Kier molecular flexibility index (Phi) is 12.7. The number of aryl methyl sites for hydroxylation is 1. The molecule has 1 heterocycles. The first-order chi connectivity index (χ1) is 20.1. The highest BCUT2D eigenvalue weighted by Gasteiger charge is 2.26. The number of fused-ring (bicyclic) bond motifs is 1. The first-order valence-electron chi connectivity index (χ1n) is 15.1. The summed E-state index contributed by atoms with van der Waals surface area (Å²) in [4.78, 5) is 41.9. The maximum absolute atomic E-state index is 13.5. The van der Waals surface area contributed by atoms with Gasteiger partial charge in [-0.25, -0.2) is 4.39 Å². The summed E-state index contributed by atoms with van der Waals surface area (Å²) in [5, 5.41) is 5.87. The second-order valence-electron chi connectivity index (χ2n) is 11.6. The number of amides is 2. The Morgan fingerprint density at radius 2 is 1.74 bits per heavy atom. The number of benzene rings is 2. The highest BCUT2D eigenvalue weighted by atomic mass is 19.1. The molecule has 7 nitrogen and oxygen atoms in total. The normalized spacial score (nSPS) is 25.3. The third-order valence-corrected chi connectivity index (χ3v) is 7.64. The van der Waals surface area contributed by atoms with E-state index in [-0.39, 0.29) is 42.0 Å². The van der Waals surface area contributed by atoms with E-state index in [1.165, 1.54) is 12.1 Å². The van der Waals surface area contributed by atoms with Crippen molar-refractivity contribution in [3.05, 3.63) is 77.1 Å². The van der Waals surface area contributed by atoms with Crippen molar-refractivity contribution in [2.45, 2.75) is 84.4 Å². The molecule has 1 aliphatic heterocycles. The predicted molar refractivity (Wildman–Crippen MR) is 164 cm³/mol. The molecule has 1 unspecified atom stereocenters. The van der Waals surface area contributed by atoms with Crippen molar-refractivity contribution >= 4 is 17.6 Å². The second-order valence-corrected chi connectivity index (χ2v) is 11.6. The van der Waals surface area contributed by atoms with Crippen LogP contribution in [0.25, 0.3) is 0 Å². The van der Waals surface area contributed by atoms with Crippen molar-refractivity contribution in [1.29, 1.82) is 0 Å². The first kappa shape index (κ1) is 33.0. The van der Waals surface area contributed by atoms with Gasteiger partial charge in [0.05, 0.1) is 6.04 Å². The number of nitrogens with one attached hydrogen (secondary N) is 2. The molecule has 0 spiro atoms. The standard InChI is InChI=1S/C34H46FN3O4/c1-6-10-30-31(39)20-23(2)19-24(3)33(40)37-29(21-26-14-16-28(35)17-15-26)34(41)36-18-9-12-27-11-7-8-13-32(27)42-25(4)22-38(30)5/h7-8,11,13-17,20,24-25,29-30H,6,9-10,12,18-19,21-22H2,1-5H3,(H,36,41)(H,37,40)/b23-20+/t24-,25?,29+,30-/m0/s1. The van der Waals surface area contributed by atoms with Crippen LogP contribution in [0.3, 0.4) is 0 Å². The van der Waals surface area contributed by atoms with Crippen molar-refractivity contribution in [3.63, 3.8) is 0 Å². The highest BCUT2D eigenvalue weighted by Crippen LogP contribution is 2.22. The van der Waals surface area contributed by atoms with Gasteiger partial charge in [-0.3, -0.25) is 19.3 Å². The number of rotatable bonds is 4. The average Bonchev–Trinajstić information content (AvgIpc) is 2.94. The molecular weight excluding hydrogens is 533 g/mol.